The highest BCUT2D eigenvalue weighted by atomic mass is 16.5. The second-order valence-corrected chi connectivity index (χ2v) is 6.20. The molecule has 0 aliphatic heterocycles. The molecule has 0 radical (unpaired) electrons. The quantitative estimate of drug-likeness (QED) is 0.759. The van der Waals surface area contributed by atoms with Gasteiger partial charge in [0.25, 0.3) is 0 Å². The van der Waals surface area contributed by atoms with Gasteiger partial charge in [-0.1, -0.05) is 18.2 Å². The van der Waals surface area contributed by atoms with E-state index in [1.807, 2.05) is 30.3 Å². The smallest absolute Gasteiger partial charge is 0.145 e. The maximum absolute atomic E-state index is 5.87. The molecule has 2 aromatic rings. The van der Waals surface area contributed by atoms with E-state index >= 15 is 0 Å². The highest BCUT2D eigenvalue weighted by molar-refractivity contribution is 5.84. The molecule has 1 aromatic heterocycles. The zero-order valence-corrected chi connectivity index (χ0v) is 13.9. The topological polar surface area (TPSA) is 43.4 Å². The highest BCUT2D eigenvalue weighted by Gasteiger charge is 2.19. The summed E-state index contributed by atoms with van der Waals surface area (Å²) in [6.45, 7) is 7.78. The Morgan fingerprint density at radius 3 is 2.77 bits per heavy atom. The number of rotatable bonds is 8. The van der Waals surface area contributed by atoms with Crippen LogP contribution in [0.3, 0.4) is 0 Å². The van der Waals surface area contributed by atoms with Crippen molar-refractivity contribution < 1.29 is 9.47 Å². The lowest BCUT2D eigenvalue weighted by Crippen LogP contribution is -2.37. The fraction of sp³-hybridized carbons (Fsp3) is 0.500. The first-order valence-electron chi connectivity index (χ1n) is 7.77. The SMILES string of the molecule is COC(C)(C)CC(C)NCCOc1cccc2cccnc12. The van der Waals surface area contributed by atoms with Crippen molar-refractivity contribution in [2.75, 3.05) is 20.3 Å². The summed E-state index contributed by atoms with van der Waals surface area (Å²) in [5, 5.41) is 4.57. The molecule has 1 heterocycles. The molecule has 4 nitrogen and oxygen atoms in total. The van der Waals surface area contributed by atoms with E-state index in [9.17, 15) is 0 Å². The summed E-state index contributed by atoms with van der Waals surface area (Å²) in [7, 11) is 1.75. The number of fused-ring (bicyclic) bond motifs is 1. The second-order valence-electron chi connectivity index (χ2n) is 6.20. The largest absolute Gasteiger partial charge is 0.490 e. The highest BCUT2D eigenvalue weighted by Crippen LogP contribution is 2.22. The summed E-state index contributed by atoms with van der Waals surface area (Å²) < 4.78 is 11.3. The zero-order valence-electron chi connectivity index (χ0n) is 13.9. The molecule has 0 amide bonds. The van der Waals surface area contributed by atoms with Crippen molar-refractivity contribution in [1.29, 1.82) is 0 Å². The number of hydrogen-bond acceptors (Lipinski definition) is 4. The van der Waals surface area contributed by atoms with Crippen LogP contribution in [0.1, 0.15) is 27.2 Å². The number of para-hydroxylation sites is 1. The molecular weight excluding hydrogens is 276 g/mol. The molecule has 22 heavy (non-hydrogen) atoms. The molecule has 0 saturated carbocycles. The molecule has 1 atom stereocenters. The minimum absolute atomic E-state index is 0.104. The molecule has 0 fully saturated rings. The number of benzene rings is 1. The van der Waals surface area contributed by atoms with E-state index in [-0.39, 0.29) is 5.60 Å². The van der Waals surface area contributed by atoms with Crippen molar-refractivity contribution >= 4 is 10.9 Å². The lowest BCUT2D eigenvalue weighted by atomic mass is 10.00. The van der Waals surface area contributed by atoms with Crippen LogP contribution in [0.15, 0.2) is 36.5 Å². The predicted octanol–water partition coefficient (Wildman–Crippen LogP) is 3.41. The van der Waals surface area contributed by atoms with Crippen LogP contribution in [0.2, 0.25) is 0 Å². The van der Waals surface area contributed by atoms with Gasteiger partial charge in [-0.15, -0.1) is 0 Å². The summed E-state index contributed by atoms with van der Waals surface area (Å²) in [6.07, 6.45) is 2.75. The van der Waals surface area contributed by atoms with Crippen LogP contribution in [-0.2, 0) is 4.74 Å². The minimum Gasteiger partial charge on any atom is -0.490 e. The predicted molar refractivity (Wildman–Crippen MR) is 90.4 cm³/mol. The first-order valence-corrected chi connectivity index (χ1v) is 7.77. The van der Waals surface area contributed by atoms with E-state index in [1.165, 1.54) is 0 Å². The number of hydrogen-bond donors (Lipinski definition) is 1. The Morgan fingerprint density at radius 2 is 2.00 bits per heavy atom. The first-order chi connectivity index (χ1) is 10.5. The van der Waals surface area contributed by atoms with Crippen LogP contribution in [-0.4, -0.2) is 36.9 Å². The van der Waals surface area contributed by atoms with Gasteiger partial charge >= 0.3 is 0 Å². The van der Waals surface area contributed by atoms with Gasteiger partial charge in [-0.3, -0.25) is 4.98 Å². The number of aromatic nitrogens is 1. The molecule has 0 spiro atoms. The Hall–Kier alpha value is -1.65. The van der Waals surface area contributed by atoms with Gasteiger partial charge in [0.05, 0.1) is 5.60 Å². The first kappa shape index (κ1) is 16.7. The van der Waals surface area contributed by atoms with Gasteiger partial charge in [0.1, 0.15) is 17.9 Å². The molecule has 1 N–H and O–H groups in total. The lowest BCUT2D eigenvalue weighted by Gasteiger charge is -2.27. The summed E-state index contributed by atoms with van der Waals surface area (Å²) in [5.41, 5.74) is 0.811. The Labute approximate surface area is 132 Å². The molecule has 0 aliphatic rings. The van der Waals surface area contributed by atoms with Crippen molar-refractivity contribution in [3.63, 3.8) is 0 Å². The minimum atomic E-state index is -0.104. The molecule has 0 aliphatic carbocycles. The molecule has 0 bridgehead atoms. The summed E-state index contributed by atoms with van der Waals surface area (Å²) in [4.78, 5) is 4.39. The lowest BCUT2D eigenvalue weighted by molar-refractivity contribution is 0.00839. The van der Waals surface area contributed by atoms with Crippen LogP contribution in [0.4, 0.5) is 0 Å². The Balaban J connectivity index is 1.81. The van der Waals surface area contributed by atoms with Crippen molar-refractivity contribution in [2.24, 2.45) is 0 Å². The summed E-state index contributed by atoms with van der Waals surface area (Å²) in [6, 6.07) is 10.4. The number of ether oxygens (including phenoxy) is 2. The Bertz CT molecular complexity index is 593. The zero-order chi connectivity index (χ0) is 16.0. The maximum atomic E-state index is 5.87. The van der Waals surface area contributed by atoms with Crippen molar-refractivity contribution in [3.8, 4) is 5.75 Å². The van der Waals surface area contributed by atoms with E-state index in [0.717, 1.165) is 29.6 Å². The molecule has 1 aromatic carbocycles. The van der Waals surface area contributed by atoms with Gasteiger partial charge in [-0.2, -0.15) is 0 Å². The van der Waals surface area contributed by atoms with Crippen LogP contribution < -0.4 is 10.1 Å². The average Bonchev–Trinajstić information content (AvgIpc) is 2.51. The van der Waals surface area contributed by atoms with E-state index < -0.39 is 0 Å². The molecular formula is C18H26N2O2. The van der Waals surface area contributed by atoms with E-state index in [2.05, 4.69) is 31.1 Å². The number of methoxy groups -OCH3 is 1. The van der Waals surface area contributed by atoms with Crippen LogP contribution in [0, 0.1) is 0 Å². The summed E-state index contributed by atoms with van der Waals surface area (Å²) in [5.74, 6) is 0.838. The Morgan fingerprint density at radius 1 is 1.23 bits per heavy atom. The summed E-state index contributed by atoms with van der Waals surface area (Å²) >= 11 is 0. The molecule has 1 unspecified atom stereocenters. The number of nitrogens with one attached hydrogen (secondary N) is 1. The Kier molecular flexibility index (Phi) is 5.75. The second kappa shape index (κ2) is 7.56. The molecule has 2 rings (SSSR count). The van der Waals surface area contributed by atoms with E-state index in [1.54, 1.807) is 13.3 Å². The standard InChI is InChI=1S/C18H26N2O2/c1-14(13-18(2,3)21-4)19-11-12-22-16-9-5-7-15-8-6-10-20-17(15)16/h5-10,14,19H,11-13H2,1-4H3. The van der Waals surface area contributed by atoms with Gasteiger partial charge in [-0.05, 0) is 39.3 Å². The van der Waals surface area contributed by atoms with Gasteiger partial charge in [0, 0.05) is 31.3 Å². The van der Waals surface area contributed by atoms with Gasteiger partial charge < -0.3 is 14.8 Å². The van der Waals surface area contributed by atoms with E-state index in [4.69, 9.17) is 9.47 Å². The fourth-order valence-electron chi connectivity index (χ4n) is 2.55. The molecule has 4 heteroatoms. The monoisotopic (exact) mass is 302 g/mol. The third-order valence-electron chi connectivity index (χ3n) is 3.80. The average molecular weight is 302 g/mol. The van der Waals surface area contributed by atoms with Crippen molar-refractivity contribution in [3.05, 3.63) is 36.5 Å². The van der Waals surface area contributed by atoms with Gasteiger partial charge in [-0.25, -0.2) is 0 Å². The maximum Gasteiger partial charge on any atom is 0.145 e. The van der Waals surface area contributed by atoms with Gasteiger partial charge in [0.2, 0.25) is 0 Å². The van der Waals surface area contributed by atoms with Crippen LogP contribution in [0.5, 0.6) is 5.75 Å². The van der Waals surface area contributed by atoms with Crippen LogP contribution in [0.25, 0.3) is 10.9 Å². The normalized spacial score (nSPS) is 13.3. The van der Waals surface area contributed by atoms with Crippen molar-refractivity contribution in [2.45, 2.75) is 38.8 Å². The third kappa shape index (κ3) is 4.68. The van der Waals surface area contributed by atoms with Crippen LogP contribution >= 0.6 is 0 Å². The van der Waals surface area contributed by atoms with Crippen molar-refractivity contribution in [1.82, 2.24) is 10.3 Å². The molecule has 0 saturated heterocycles. The number of nitrogens with zero attached hydrogens (tertiary/aromatic N) is 1. The van der Waals surface area contributed by atoms with Gasteiger partial charge in [0.15, 0.2) is 0 Å². The molecule has 120 valence electrons. The van der Waals surface area contributed by atoms with E-state index in [0.29, 0.717) is 12.6 Å². The fourth-order valence-corrected chi connectivity index (χ4v) is 2.55. The third-order valence-corrected chi connectivity index (χ3v) is 3.80. The number of pyridine rings is 1.